The summed E-state index contributed by atoms with van der Waals surface area (Å²) in [5.74, 6) is 0.202. The van der Waals surface area contributed by atoms with Crippen molar-refractivity contribution in [3.05, 3.63) is 34.6 Å². The number of thiocyanates is 1. The van der Waals surface area contributed by atoms with Gasteiger partial charge in [-0.2, -0.15) is 9.94 Å². The van der Waals surface area contributed by atoms with Crippen LogP contribution in [-0.4, -0.2) is 15.0 Å². The molecule has 1 heterocycles. The molecule has 0 aliphatic rings. The molecule has 0 aliphatic carbocycles. The van der Waals surface area contributed by atoms with E-state index in [1.165, 1.54) is 4.68 Å². The minimum Gasteiger partial charge on any atom is -0.267 e. The zero-order valence-corrected chi connectivity index (χ0v) is 8.44. The molecule has 1 aromatic heterocycles. The van der Waals surface area contributed by atoms with E-state index in [-0.39, 0.29) is 11.4 Å². The number of thioether (sulfide) groups is 1. The molecule has 0 N–H and O–H groups in total. The highest BCUT2D eigenvalue weighted by molar-refractivity contribution is 8.02. The second-order valence-corrected chi connectivity index (χ2v) is 3.51. The van der Waals surface area contributed by atoms with Crippen LogP contribution in [-0.2, 0) is 5.88 Å². The Balaban J connectivity index is 2.57. The molecule has 0 radical (unpaired) electrons. The number of nitrogens with zero attached hydrogens (tertiary/aromatic N) is 4. The predicted octanol–water partition coefficient (Wildman–Crippen LogP) is 0.963. The monoisotopic (exact) mass is 218 g/mol. The summed E-state index contributed by atoms with van der Waals surface area (Å²) < 4.78 is 1.18. The lowest BCUT2D eigenvalue weighted by atomic mass is 10.2. The molecule has 6 heteroatoms. The van der Waals surface area contributed by atoms with Crippen molar-refractivity contribution in [2.45, 2.75) is 5.88 Å². The van der Waals surface area contributed by atoms with E-state index in [0.29, 0.717) is 10.9 Å². The van der Waals surface area contributed by atoms with Crippen LogP contribution in [0.2, 0.25) is 0 Å². The summed E-state index contributed by atoms with van der Waals surface area (Å²) >= 11 is 0.950. The third-order valence-corrected chi connectivity index (χ3v) is 2.38. The summed E-state index contributed by atoms with van der Waals surface area (Å²) in [7, 11) is 0. The molecule has 0 spiro atoms. The third kappa shape index (κ3) is 1.82. The Kier molecular flexibility index (Phi) is 2.65. The Bertz CT molecular complexity index is 586. The summed E-state index contributed by atoms with van der Waals surface area (Å²) in [6.07, 6.45) is 0. The van der Waals surface area contributed by atoms with Crippen molar-refractivity contribution in [1.82, 2.24) is 15.0 Å². The van der Waals surface area contributed by atoms with Crippen LogP contribution < -0.4 is 5.56 Å². The molecule has 0 fully saturated rings. The highest BCUT2D eigenvalue weighted by Gasteiger charge is 2.03. The van der Waals surface area contributed by atoms with Crippen LogP contribution in [0.25, 0.3) is 10.9 Å². The maximum Gasteiger partial charge on any atom is 0.278 e. The van der Waals surface area contributed by atoms with Crippen molar-refractivity contribution in [2.24, 2.45) is 0 Å². The molecule has 0 atom stereocenters. The molecule has 0 saturated carbocycles. The number of nitriles is 1. The summed E-state index contributed by atoms with van der Waals surface area (Å²) in [6, 6.07) is 6.99. The van der Waals surface area contributed by atoms with Crippen molar-refractivity contribution in [3.63, 3.8) is 0 Å². The number of hydrogen-bond donors (Lipinski definition) is 0. The Labute approximate surface area is 89.3 Å². The second-order valence-electron chi connectivity index (χ2n) is 2.78. The van der Waals surface area contributed by atoms with Crippen LogP contribution in [0, 0.1) is 10.7 Å². The maximum absolute atomic E-state index is 11.8. The van der Waals surface area contributed by atoms with Crippen molar-refractivity contribution in [1.29, 1.82) is 5.26 Å². The van der Waals surface area contributed by atoms with Gasteiger partial charge in [-0.05, 0) is 23.9 Å². The minimum absolute atomic E-state index is 0.202. The van der Waals surface area contributed by atoms with Gasteiger partial charge in [0, 0.05) is 0 Å². The molecule has 0 unspecified atom stereocenters. The predicted molar refractivity (Wildman–Crippen MR) is 57.0 cm³/mol. The Hall–Kier alpha value is -1.87. The second kappa shape index (κ2) is 4.11. The van der Waals surface area contributed by atoms with Crippen LogP contribution in [0.3, 0.4) is 0 Å². The van der Waals surface area contributed by atoms with Gasteiger partial charge in [0.1, 0.15) is 16.8 Å². The minimum atomic E-state index is -0.219. The fraction of sp³-hybridized carbons (Fsp3) is 0.111. The van der Waals surface area contributed by atoms with Crippen molar-refractivity contribution in [2.75, 3.05) is 0 Å². The smallest absolute Gasteiger partial charge is 0.267 e. The summed E-state index contributed by atoms with van der Waals surface area (Å²) in [4.78, 5) is 11.8. The van der Waals surface area contributed by atoms with Gasteiger partial charge in [0.2, 0.25) is 0 Å². The highest BCUT2D eigenvalue weighted by Crippen LogP contribution is 2.04. The van der Waals surface area contributed by atoms with Crippen LogP contribution in [0.5, 0.6) is 0 Å². The van der Waals surface area contributed by atoms with E-state index in [1.54, 1.807) is 24.3 Å². The van der Waals surface area contributed by atoms with E-state index < -0.39 is 0 Å². The van der Waals surface area contributed by atoms with Gasteiger partial charge in [-0.1, -0.05) is 17.3 Å². The van der Waals surface area contributed by atoms with Crippen molar-refractivity contribution < 1.29 is 0 Å². The van der Waals surface area contributed by atoms with Gasteiger partial charge in [-0.3, -0.25) is 4.79 Å². The molecule has 74 valence electrons. The quantitative estimate of drug-likeness (QED) is 0.702. The van der Waals surface area contributed by atoms with E-state index in [4.69, 9.17) is 5.26 Å². The highest BCUT2D eigenvalue weighted by atomic mass is 32.2. The largest absolute Gasteiger partial charge is 0.278 e. The third-order valence-electron chi connectivity index (χ3n) is 1.88. The average Bonchev–Trinajstić information content (AvgIpc) is 2.29. The van der Waals surface area contributed by atoms with E-state index >= 15 is 0 Å². The SMILES string of the molecule is N#CSCn1nnc2ccccc2c1=O. The normalized spacial score (nSPS) is 10.1. The molecule has 2 rings (SSSR count). The molecule has 15 heavy (non-hydrogen) atoms. The van der Waals surface area contributed by atoms with Gasteiger partial charge in [0.25, 0.3) is 5.56 Å². The van der Waals surface area contributed by atoms with Gasteiger partial charge in [0.15, 0.2) is 0 Å². The average molecular weight is 218 g/mol. The Morgan fingerprint density at radius 3 is 3.07 bits per heavy atom. The molecule has 0 amide bonds. The van der Waals surface area contributed by atoms with Gasteiger partial charge in [-0.15, -0.1) is 5.10 Å². The zero-order valence-electron chi connectivity index (χ0n) is 7.62. The first-order valence-corrected chi connectivity index (χ1v) is 5.15. The first-order valence-electron chi connectivity index (χ1n) is 4.16. The number of aromatic nitrogens is 3. The van der Waals surface area contributed by atoms with Gasteiger partial charge in [-0.25, -0.2) is 0 Å². The first kappa shape index (κ1) is 9.68. The summed E-state index contributed by atoms with van der Waals surface area (Å²) in [6.45, 7) is 0. The lowest BCUT2D eigenvalue weighted by molar-refractivity contribution is 0.646. The maximum atomic E-state index is 11.8. The fourth-order valence-corrected chi connectivity index (χ4v) is 1.55. The van der Waals surface area contributed by atoms with Crippen LogP contribution in [0.15, 0.2) is 29.1 Å². The standard InChI is InChI=1S/C9H6N4OS/c10-5-15-6-13-9(14)7-3-1-2-4-8(7)11-12-13/h1-4H,6H2. The van der Waals surface area contributed by atoms with Gasteiger partial charge >= 0.3 is 0 Å². The van der Waals surface area contributed by atoms with Gasteiger partial charge in [0.05, 0.1) is 5.39 Å². The lowest BCUT2D eigenvalue weighted by Gasteiger charge is -2.00. The summed E-state index contributed by atoms with van der Waals surface area (Å²) in [5, 5.41) is 18.4. The van der Waals surface area contributed by atoms with Crippen LogP contribution >= 0.6 is 11.8 Å². The molecule has 5 nitrogen and oxygen atoms in total. The number of hydrogen-bond acceptors (Lipinski definition) is 5. The number of fused-ring (bicyclic) bond motifs is 1. The molecule has 0 saturated heterocycles. The number of benzene rings is 1. The Morgan fingerprint density at radius 1 is 1.47 bits per heavy atom. The summed E-state index contributed by atoms with van der Waals surface area (Å²) in [5.41, 5.74) is 0.351. The molecular weight excluding hydrogens is 212 g/mol. The van der Waals surface area contributed by atoms with Crippen LogP contribution in [0.4, 0.5) is 0 Å². The molecule has 1 aromatic carbocycles. The van der Waals surface area contributed by atoms with Gasteiger partial charge < -0.3 is 0 Å². The van der Waals surface area contributed by atoms with Crippen LogP contribution in [0.1, 0.15) is 0 Å². The molecule has 2 aromatic rings. The molecule has 0 aliphatic heterocycles. The fourth-order valence-electron chi connectivity index (χ4n) is 1.20. The number of rotatable bonds is 2. The van der Waals surface area contributed by atoms with Crippen molar-refractivity contribution in [3.8, 4) is 5.40 Å². The van der Waals surface area contributed by atoms with Crippen molar-refractivity contribution >= 4 is 22.7 Å². The van der Waals surface area contributed by atoms with E-state index in [2.05, 4.69) is 10.3 Å². The lowest BCUT2D eigenvalue weighted by Crippen LogP contribution is -2.23. The van der Waals surface area contributed by atoms with E-state index in [0.717, 1.165) is 11.8 Å². The Morgan fingerprint density at radius 2 is 2.27 bits per heavy atom. The first-order chi connectivity index (χ1) is 7.33. The van der Waals surface area contributed by atoms with E-state index in [1.807, 2.05) is 5.40 Å². The topological polar surface area (TPSA) is 71.6 Å². The molecular formula is C9H6N4OS. The van der Waals surface area contributed by atoms with E-state index in [9.17, 15) is 4.79 Å². The zero-order chi connectivity index (χ0) is 10.7. The molecule has 0 bridgehead atoms.